The van der Waals surface area contributed by atoms with Gasteiger partial charge < -0.3 is 0 Å². The van der Waals surface area contributed by atoms with Gasteiger partial charge in [0.2, 0.25) is 0 Å². The van der Waals surface area contributed by atoms with Crippen LogP contribution in [-0.4, -0.2) is 15.0 Å². The van der Waals surface area contributed by atoms with Crippen molar-refractivity contribution < 1.29 is 0 Å². The van der Waals surface area contributed by atoms with E-state index >= 15 is 0 Å². The van der Waals surface area contributed by atoms with Gasteiger partial charge in [-0.3, -0.25) is 15.0 Å². The van der Waals surface area contributed by atoms with Crippen LogP contribution in [0.3, 0.4) is 0 Å². The summed E-state index contributed by atoms with van der Waals surface area (Å²) in [4.78, 5) is 13.7. The smallest absolute Gasteiger partial charge is 0.0964 e. The van der Waals surface area contributed by atoms with Crippen molar-refractivity contribution in [3.8, 4) is 55.6 Å². The first kappa shape index (κ1) is 53.4. The molecule has 0 N–H and O–H groups in total. The zero-order valence-corrected chi connectivity index (χ0v) is 51.1. The van der Waals surface area contributed by atoms with Gasteiger partial charge in [0, 0.05) is 46.5 Å². The molecule has 17 aromatic carbocycles. The van der Waals surface area contributed by atoms with Crippen molar-refractivity contribution in [1.82, 2.24) is 15.0 Å². The van der Waals surface area contributed by atoms with E-state index in [1.54, 1.807) is 0 Å². The first-order valence-electron chi connectivity index (χ1n) is 32.2. The van der Waals surface area contributed by atoms with Gasteiger partial charge in [0.05, 0.1) is 11.0 Å². The molecule has 0 saturated heterocycles. The molecule has 0 aliphatic rings. The van der Waals surface area contributed by atoms with E-state index in [0.29, 0.717) is 0 Å². The molecule has 0 amide bonds. The molecule has 0 unspecified atom stereocenters. The van der Waals surface area contributed by atoms with Gasteiger partial charge in [0.25, 0.3) is 0 Å². The molecule has 0 atom stereocenters. The Labute approximate surface area is 541 Å². The van der Waals surface area contributed by atoms with Gasteiger partial charge in [0.1, 0.15) is 0 Å². The Bertz CT molecular complexity index is 6560. The quantitative estimate of drug-likeness (QED) is 0.161. The van der Waals surface area contributed by atoms with Gasteiger partial charge in [-0.05, 0) is 230 Å². The summed E-state index contributed by atoms with van der Waals surface area (Å²) in [6.45, 7) is 0. The predicted molar refractivity (Wildman–Crippen MR) is 401 cm³/mol. The summed E-state index contributed by atoms with van der Waals surface area (Å²) in [5, 5.41) is 30.1. The van der Waals surface area contributed by atoms with E-state index in [1.807, 2.05) is 30.9 Å². The highest BCUT2D eigenvalue weighted by atomic mass is 14.7. The average Bonchev–Trinajstić information content (AvgIpc) is 0.734. The van der Waals surface area contributed by atoms with Gasteiger partial charge in [-0.25, -0.2) is 0 Å². The summed E-state index contributed by atoms with van der Waals surface area (Å²) in [5.41, 5.74) is 14.0. The zero-order valence-electron chi connectivity index (χ0n) is 51.1. The van der Waals surface area contributed by atoms with Crippen LogP contribution in [0.25, 0.3) is 196 Å². The Morgan fingerprint density at radius 2 is 0.606 bits per heavy atom. The Morgan fingerprint density at radius 3 is 1.36 bits per heavy atom. The number of pyridine rings is 3. The van der Waals surface area contributed by atoms with Crippen LogP contribution in [0.15, 0.2) is 334 Å². The van der Waals surface area contributed by atoms with Crippen LogP contribution in [0.2, 0.25) is 0 Å². The lowest BCUT2D eigenvalue weighted by Gasteiger charge is -2.16. The molecule has 3 aromatic heterocycles. The molecule has 0 spiro atoms. The van der Waals surface area contributed by atoms with Crippen molar-refractivity contribution in [2.75, 3.05) is 0 Å². The Hall–Kier alpha value is -12.4. The first-order valence-corrected chi connectivity index (χ1v) is 32.2. The Kier molecular flexibility index (Phi) is 12.3. The van der Waals surface area contributed by atoms with Gasteiger partial charge in [-0.2, -0.15) is 0 Å². The van der Waals surface area contributed by atoms with Crippen molar-refractivity contribution in [3.63, 3.8) is 0 Å². The van der Waals surface area contributed by atoms with Gasteiger partial charge >= 0.3 is 0 Å². The first-order chi connectivity index (χ1) is 46.5. The van der Waals surface area contributed by atoms with Crippen molar-refractivity contribution in [3.05, 3.63) is 334 Å². The molecular formula is C91H55N3. The third-order valence-electron chi connectivity index (χ3n) is 19.7. The standard InChI is InChI=1S/C54H32N2.C37H23N/c1-2-8-37-28-43(20-11-33(37)6-1)49-31-44-21-13-34-7-3-4-10-47(34)51(44)52-48(49)24-23-35-12-15-42(30-50(35)52)40-17-16-39-27-41(19-18-38(39)26-40)46-29-45-22-14-36-9-5-25-55-53(36)54(45)56-32-46;1-2-9-32-24(6-1)12-13-25-14-16-30-22-35(33-10-3-4-11-34(33)37(30)36(25)32)29-8-5-7-26(21-29)27-15-17-31-23-38-19-18-28(31)20-27/h1-32H;1-23H. The van der Waals surface area contributed by atoms with E-state index in [0.717, 1.165) is 38.3 Å². The molecule has 3 nitrogen and oxygen atoms in total. The third-order valence-corrected chi connectivity index (χ3v) is 19.7. The maximum absolute atomic E-state index is 4.87. The number of aromatic nitrogens is 3. The third kappa shape index (κ3) is 8.93. The summed E-state index contributed by atoms with van der Waals surface area (Å²) in [5.74, 6) is 0. The molecule has 0 bridgehead atoms. The van der Waals surface area contributed by atoms with E-state index < -0.39 is 0 Å². The van der Waals surface area contributed by atoms with Crippen LogP contribution in [0.1, 0.15) is 0 Å². The van der Waals surface area contributed by atoms with E-state index in [-0.39, 0.29) is 0 Å². The zero-order chi connectivity index (χ0) is 61.8. The molecule has 0 aliphatic heterocycles. The summed E-state index contributed by atoms with van der Waals surface area (Å²) < 4.78 is 0. The van der Waals surface area contributed by atoms with Crippen LogP contribution in [0.5, 0.6) is 0 Å². The summed E-state index contributed by atoms with van der Waals surface area (Å²) in [6, 6.07) is 114. The number of hydrogen-bond acceptors (Lipinski definition) is 3. The van der Waals surface area contributed by atoms with Crippen molar-refractivity contribution in [2.45, 2.75) is 0 Å². The minimum atomic E-state index is 0.937. The number of hydrogen-bond donors (Lipinski definition) is 0. The fourth-order valence-corrected chi connectivity index (χ4v) is 15.1. The molecule has 20 rings (SSSR count). The molecular weight excluding hydrogens is 1140 g/mol. The second-order valence-corrected chi connectivity index (χ2v) is 25.0. The molecule has 0 saturated carbocycles. The van der Waals surface area contributed by atoms with Crippen LogP contribution < -0.4 is 0 Å². The Balaban J connectivity index is 0.000000144. The highest BCUT2D eigenvalue weighted by Gasteiger charge is 2.18. The average molecular weight is 1190 g/mol. The minimum Gasteiger partial charge on any atom is -0.264 e. The highest BCUT2D eigenvalue weighted by molar-refractivity contribution is 6.31. The second-order valence-electron chi connectivity index (χ2n) is 25.0. The molecule has 0 fully saturated rings. The molecule has 20 aromatic rings. The normalized spacial score (nSPS) is 11.8. The van der Waals surface area contributed by atoms with Crippen molar-refractivity contribution >= 4 is 140 Å². The molecule has 434 valence electrons. The van der Waals surface area contributed by atoms with Crippen molar-refractivity contribution in [2.24, 2.45) is 0 Å². The maximum Gasteiger partial charge on any atom is 0.0964 e. The van der Waals surface area contributed by atoms with E-state index in [1.165, 1.54) is 158 Å². The van der Waals surface area contributed by atoms with Crippen molar-refractivity contribution in [1.29, 1.82) is 0 Å². The molecule has 3 heterocycles. The predicted octanol–water partition coefficient (Wildman–Crippen LogP) is 24.9. The summed E-state index contributed by atoms with van der Waals surface area (Å²) >= 11 is 0. The monoisotopic (exact) mass is 1190 g/mol. The van der Waals surface area contributed by atoms with Crippen LogP contribution in [0, 0.1) is 0 Å². The molecule has 0 aliphatic carbocycles. The molecule has 3 heteroatoms. The fraction of sp³-hybridized carbons (Fsp3) is 0. The van der Waals surface area contributed by atoms with E-state index in [4.69, 9.17) is 4.98 Å². The minimum absolute atomic E-state index is 0.937. The maximum atomic E-state index is 4.87. The number of benzene rings is 17. The van der Waals surface area contributed by atoms with Gasteiger partial charge in [0.15, 0.2) is 0 Å². The van der Waals surface area contributed by atoms with E-state index in [2.05, 4.69) is 313 Å². The lowest BCUT2D eigenvalue weighted by Crippen LogP contribution is -1.89. The lowest BCUT2D eigenvalue weighted by atomic mass is 9.87. The SMILES string of the molecule is c1cc(-c2ccc3cnccc3c2)cc(-c2cc3ccc4ccc5ccccc5c4c3c3ccccc23)c1.c1ccc2cc(-c3cc4ccc5ccccc5c4c4c3ccc3ccc(-c5ccc6cc(-c7cnc8c(ccc9cccnc98)c7)ccc6c5)cc34)ccc2c1. The summed E-state index contributed by atoms with van der Waals surface area (Å²) in [7, 11) is 0. The number of rotatable bonds is 5. The fourth-order valence-electron chi connectivity index (χ4n) is 15.1. The van der Waals surface area contributed by atoms with Gasteiger partial charge in [-0.15, -0.1) is 0 Å². The van der Waals surface area contributed by atoms with Crippen LogP contribution in [0.4, 0.5) is 0 Å². The van der Waals surface area contributed by atoms with Gasteiger partial charge in [-0.1, -0.05) is 243 Å². The highest BCUT2D eigenvalue weighted by Crippen LogP contribution is 2.45. The van der Waals surface area contributed by atoms with Crippen LogP contribution in [-0.2, 0) is 0 Å². The topological polar surface area (TPSA) is 38.7 Å². The van der Waals surface area contributed by atoms with E-state index in [9.17, 15) is 0 Å². The second kappa shape index (κ2) is 21.6. The number of fused-ring (bicyclic) bond motifs is 20. The molecule has 94 heavy (non-hydrogen) atoms. The largest absolute Gasteiger partial charge is 0.264 e. The summed E-state index contributed by atoms with van der Waals surface area (Å²) in [6.07, 6.45) is 7.59. The Morgan fingerprint density at radius 1 is 0.170 bits per heavy atom. The van der Waals surface area contributed by atoms with Crippen LogP contribution >= 0.6 is 0 Å². The number of nitrogens with zero attached hydrogens (tertiary/aromatic N) is 3. The molecule has 0 radical (unpaired) electrons. The lowest BCUT2D eigenvalue weighted by molar-refractivity contribution is 1.36.